The van der Waals surface area contributed by atoms with Gasteiger partial charge in [0.05, 0.1) is 0 Å². The molecule has 4 nitrogen and oxygen atoms in total. The number of carbonyl (C=O) groups is 1. The Bertz CT molecular complexity index is 715. The molecule has 1 saturated carbocycles. The van der Waals surface area contributed by atoms with Gasteiger partial charge in [-0.15, -0.1) is 12.4 Å². The van der Waals surface area contributed by atoms with Gasteiger partial charge in [-0.3, -0.25) is 4.79 Å². The minimum atomic E-state index is -0.104. The molecule has 0 spiro atoms. The van der Waals surface area contributed by atoms with Gasteiger partial charge in [0.1, 0.15) is 5.58 Å². The van der Waals surface area contributed by atoms with E-state index >= 15 is 0 Å². The van der Waals surface area contributed by atoms with Crippen molar-refractivity contribution in [1.29, 1.82) is 0 Å². The lowest BCUT2D eigenvalue weighted by Gasteiger charge is -2.26. The first-order chi connectivity index (χ1) is 10.5. The highest BCUT2D eigenvalue weighted by atomic mass is 35.5. The summed E-state index contributed by atoms with van der Waals surface area (Å²) in [7, 11) is 0. The highest BCUT2D eigenvalue weighted by Gasteiger charge is 2.24. The molecule has 0 aliphatic heterocycles. The Morgan fingerprint density at radius 2 is 1.74 bits per heavy atom. The second-order valence-corrected chi connectivity index (χ2v) is 6.54. The lowest BCUT2D eigenvalue weighted by molar-refractivity contribution is 0.0899. The molecule has 1 amide bonds. The zero-order chi connectivity index (χ0) is 15.9. The van der Waals surface area contributed by atoms with Gasteiger partial charge >= 0.3 is 0 Å². The lowest BCUT2D eigenvalue weighted by atomic mass is 9.92. The second-order valence-electron chi connectivity index (χ2n) is 6.54. The molecule has 0 saturated heterocycles. The summed E-state index contributed by atoms with van der Waals surface area (Å²) in [5, 5.41) is 4.17. The van der Waals surface area contributed by atoms with Crippen molar-refractivity contribution in [2.75, 3.05) is 0 Å². The number of carbonyl (C=O) groups excluding carboxylic acids is 1. The van der Waals surface area contributed by atoms with Crippen LogP contribution in [-0.2, 0) is 0 Å². The van der Waals surface area contributed by atoms with Crippen LogP contribution in [0.2, 0.25) is 0 Å². The van der Waals surface area contributed by atoms with Crippen molar-refractivity contribution < 1.29 is 9.21 Å². The monoisotopic (exact) mass is 336 g/mol. The molecule has 3 N–H and O–H groups in total. The fraction of sp³-hybridized carbons (Fsp3) is 0.500. The summed E-state index contributed by atoms with van der Waals surface area (Å²) in [6.07, 6.45) is 3.85. The van der Waals surface area contributed by atoms with E-state index < -0.39 is 0 Å². The number of halogens is 1. The van der Waals surface area contributed by atoms with Gasteiger partial charge in [0, 0.05) is 23.0 Å². The van der Waals surface area contributed by atoms with Crippen molar-refractivity contribution >= 4 is 29.3 Å². The highest BCUT2D eigenvalue weighted by Crippen LogP contribution is 2.30. The Hall–Kier alpha value is -1.52. The summed E-state index contributed by atoms with van der Waals surface area (Å²) in [6, 6.07) is 4.60. The molecule has 0 atom stereocenters. The molecule has 1 aromatic carbocycles. The van der Waals surface area contributed by atoms with Crippen LogP contribution in [0.4, 0.5) is 0 Å². The number of rotatable bonds is 2. The van der Waals surface area contributed by atoms with Crippen LogP contribution in [0.3, 0.4) is 0 Å². The van der Waals surface area contributed by atoms with Gasteiger partial charge in [-0.25, -0.2) is 0 Å². The largest absolute Gasteiger partial charge is 0.450 e. The van der Waals surface area contributed by atoms with Gasteiger partial charge in [-0.1, -0.05) is 12.1 Å². The predicted molar refractivity (Wildman–Crippen MR) is 95.4 cm³/mol. The van der Waals surface area contributed by atoms with E-state index in [4.69, 9.17) is 10.2 Å². The van der Waals surface area contributed by atoms with Gasteiger partial charge in [0.25, 0.3) is 5.91 Å². The van der Waals surface area contributed by atoms with Crippen LogP contribution in [-0.4, -0.2) is 18.0 Å². The number of nitrogens with one attached hydrogen (secondary N) is 1. The topological polar surface area (TPSA) is 68.3 Å². The van der Waals surface area contributed by atoms with E-state index in [0.29, 0.717) is 5.76 Å². The molecule has 0 unspecified atom stereocenters. The van der Waals surface area contributed by atoms with Crippen molar-refractivity contribution in [2.24, 2.45) is 5.73 Å². The Morgan fingerprint density at radius 3 is 2.35 bits per heavy atom. The Kier molecular flexibility index (Phi) is 5.37. The molecule has 2 aromatic rings. The smallest absolute Gasteiger partial charge is 0.287 e. The summed E-state index contributed by atoms with van der Waals surface area (Å²) >= 11 is 0. The number of hydrogen-bond acceptors (Lipinski definition) is 3. The first-order valence-corrected chi connectivity index (χ1v) is 8.03. The second kappa shape index (κ2) is 6.93. The quantitative estimate of drug-likeness (QED) is 0.876. The van der Waals surface area contributed by atoms with Crippen LogP contribution in [0.15, 0.2) is 16.5 Å². The average Bonchev–Trinajstić information content (AvgIpc) is 2.84. The van der Waals surface area contributed by atoms with E-state index in [1.165, 1.54) is 0 Å². The Morgan fingerprint density at radius 1 is 1.13 bits per heavy atom. The fourth-order valence-corrected chi connectivity index (χ4v) is 3.41. The number of furan rings is 1. The maximum atomic E-state index is 12.6. The third-order valence-corrected chi connectivity index (χ3v) is 4.80. The molecular weight excluding hydrogens is 312 g/mol. The molecule has 5 heteroatoms. The number of fused-ring (bicyclic) bond motifs is 1. The van der Waals surface area contributed by atoms with Crippen molar-refractivity contribution in [3.05, 3.63) is 34.6 Å². The standard InChI is InChI=1S/C18H24N2O2.ClH/c1-10-4-5-11(2)16-15(10)12(3)17(22-16)18(21)20-14-8-6-13(19)7-9-14;/h4-5,13-14H,6-9,19H2,1-3H3,(H,20,21);1H. The van der Waals surface area contributed by atoms with Crippen LogP contribution in [0.5, 0.6) is 0 Å². The SMILES string of the molecule is Cc1ccc(C)c2c(C)c(C(=O)NC3CCC(N)CC3)oc12.Cl. The summed E-state index contributed by atoms with van der Waals surface area (Å²) in [5.41, 5.74) is 9.88. The number of amides is 1. The Balaban J connectivity index is 0.00000192. The van der Waals surface area contributed by atoms with E-state index in [1.54, 1.807) is 0 Å². The average molecular weight is 337 g/mol. The summed E-state index contributed by atoms with van der Waals surface area (Å²) < 4.78 is 5.90. The molecule has 1 aliphatic rings. The number of aryl methyl sites for hydroxylation is 3. The maximum absolute atomic E-state index is 12.6. The van der Waals surface area contributed by atoms with E-state index in [0.717, 1.165) is 53.3 Å². The fourth-order valence-electron chi connectivity index (χ4n) is 3.41. The third-order valence-electron chi connectivity index (χ3n) is 4.80. The third kappa shape index (κ3) is 3.38. The van der Waals surface area contributed by atoms with Crippen molar-refractivity contribution in [3.63, 3.8) is 0 Å². The van der Waals surface area contributed by atoms with Gasteiger partial charge < -0.3 is 15.5 Å². The minimum absolute atomic E-state index is 0. The number of nitrogens with two attached hydrogens (primary N) is 1. The van der Waals surface area contributed by atoms with Crippen molar-refractivity contribution in [1.82, 2.24) is 5.32 Å². The van der Waals surface area contributed by atoms with Crippen LogP contribution in [0.25, 0.3) is 11.0 Å². The van der Waals surface area contributed by atoms with Gasteiger partial charge in [-0.2, -0.15) is 0 Å². The van der Waals surface area contributed by atoms with Gasteiger partial charge in [0.2, 0.25) is 0 Å². The minimum Gasteiger partial charge on any atom is -0.450 e. The zero-order valence-corrected chi connectivity index (χ0v) is 14.8. The van der Waals surface area contributed by atoms with Crippen LogP contribution in [0.1, 0.15) is 52.9 Å². The van der Waals surface area contributed by atoms with E-state index in [-0.39, 0.29) is 30.4 Å². The molecule has 3 rings (SSSR count). The number of benzene rings is 1. The lowest BCUT2D eigenvalue weighted by Crippen LogP contribution is -2.40. The molecule has 23 heavy (non-hydrogen) atoms. The zero-order valence-electron chi connectivity index (χ0n) is 13.9. The van der Waals surface area contributed by atoms with E-state index in [1.807, 2.05) is 19.9 Å². The van der Waals surface area contributed by atoms with Gasteiger partial charge in [-0.05, 0) is 57.6 Å². The predicted octanol–water partition coefficient (Wildman–Crippen LogP) is 3.78. The number of hydrogen-bond donors (Lipinski definition) is 2. The molecule has 1 aliphatic carbocycles. The van der Waals surface area contributed by atoms with Crippen molar-refractivity contribution in [2.45, 2.75) is 58.5 Å². The summed E-state index contributed by atoms with van der Waals surface area (Å²) in [4.78, 5) is 12.6. The van der Waals surface area contributed by atoms with Crippen LogP contribution < -0.4 is 11.1 Å². The molecule has 0 bridgehead atoms. The molecule has 1 aromatic heterocycles. The van der Waals surface area contributed by atoms with E-state index in [9.17, 15) is 4.79 Å². The molecule has 126 valence electrons. The first-order valence-electron chi connectivity index (χ1n) is 8.03. The van der Waals surface area contributed by atoms with Crippen LogP contribution >= 0.6 is 12.4 Å². The molecular formula is C18H25ClN2O2. The summed E-state index contributed by atoms with van der Waals surface area (Å²) in [6.45, 7) is 6.02. The molecule has 0 radical (unpaired) electrons. The summed E-state index contributed by atoms with van der Waals surface area (Å²) in [5.74, 6) is 0.343. The maximum Gasteiger partial charge on any atom is 0.287 e. The Labute approximate surface area is 143 Å². The van der Waals surface area contributed by atoms with Gasteiger partial charge in [0.15, 0.2) is 5.76 Å². The first kappa shape index (κ1) is 17.8. The normalized spacial score (nSPS) is 21.0. The van der Waals surface area contributed by atoms with Crippen LogP contribution in [0, 0.1) is 20.8 Å². The van der Waals surface area contributed by atoms with E-state index in [2.05, 4.69) is 18.3 Å². The highest BCUT2D eigenvalue weighted by molar-refractivity contribution is 6.00. The molecule has 1 heterocycles. The van der Waals surface area contributed by atoms with Crippen molar-refractivity contribution in [3.8, 4) is 0 Å². The molecule has 1 fully saturated rings.